The van der Waals surface area contributed by atoms with Gasteiger partial charge in [-0.1, -0.05) is 5.16 Å². The van der Waals surface area contributed by atoms with Crippen molar-refractivity contribution in [3.8, 4) is 11.5 Å². The summed E-state index contributed by atoms with van der Waals surface area (Å²) in [6.45, 7) is 3.91. The van der Waals surface area contributed by atoms with Gasteiger partial charge in [-0.05, 0) is 32.4 Å². The molecule has 2 aromatic heterocycles. The summed E-state index contributed by atoms with van der Waals surface area (Å²) in [4.78, 5) is 14.5. The van der Waals surface area contributed by atoms with E-state index in [2.05, 4.69) is 5.16 Å². The molecule has 7 nitrogen and oxygen atoms in total. The second-order valence-corrected chi connectivity index (χ2v) is 7.82. The summed E-state index contributed by atoms with van der Waals surface area (Å²) in [5, 5.41) is 3.92. The van der Waals surface area contributed by atoms with Crippen molar-refractivity contribution in [3.63, 3.8) is 0 Å². The van der Waals surface area contributed by atoms with Gasteiger partial charge in [-0.15, -0.1) is 0 Å². The lowest BCUT2D eigenvalue weighted by Crippen LogP contribution is -2.41. The lowest BCUT2D eigenvalue weighted by Gasteiger charge is -2.26. The molecule has 3 rings (SSSR count). The summed E-state index contributed by atoms with van der Waals surface area (Å²) < 4.78 is 33.9. The average Bonchev–Trinajstić information content (AvgIpc) is 3.19. The molecule has 1 amide bonds. The van der Waals surface area contributed by atoms with Crippen molar-refractivity contribution in [3.05, 3.63) is 29.7 Å². The van der Waals surface area contributed by atoms with Crippen LogP contribution in [0.3, 0.4) is 0 Å². The number of aromatic nitrogens is 1. The molecule has 1 saturated heterocycles. The van der Waals surface area contributed by atoms with E-state index in [0.717, 1.165) is 0 Å². The van der Waals surface area contributed by atoms with Crippen LogP contribution < -0.4 is 0 Å². The lowest BCUT2D eigenvalue weighted by molar-refractivity contribution is 0.0707. The van der Waals surface area contributed by atoms with Gasteiger partial charge in [-0.25, -0.2) is 8.42 Å². The van der Waals surface area contributed by atoms with Gasteiger partial charge >= 0.3 is 0 Å². The Hall–Kier alpha value is -2.09. The average molecular weight is 338 g/mol. The third-order valence-electron chi connectivity index (χ3n) is 4.08. The van der Waals surface area contributed by atoms with Crippen molar-refractivity contribution < 1.29 is 22.2 Å². The smallest absolute Gasteiger partial charge is 0.260 e. The summed E-state index contributed by atoms with van der Waals surface area (Å²) in [5.41, 5.74) is 0.669. The molecule has 1 fully saturated rings. The van der Waals surface area contributed by atoms with Crippen molar-refractivity contribution in [2.75, 3.05) is 18.1 Å². The minimum Gasteiger partial charge on any atom is -0.463 e. The number of carbonyl (C=O) groups excluding carboxylic acids is 1. The molecule has 1 aliphatic rings. The van der Waals surface area contributed by atoms with Crippen LogP contribution in [0.5, 0.6) is 0 Å². The van der Waals surface area contributed by atoms with Crippen molar-refractivity contribution in [1.29, 1.82) is 0 Å². The first-order valence-corrected chi connectivity index (χ1v) is 9.26. The number of rotatable bonds is 4. The normalized spacial score (nSPS) is 19.8. The van der Waals surface area contributed by atoms with Gasteiger partial charge in [-0.2, -0.15) is 0 Å². The molecule has 2 aromatic rings. The Bertz CT molecular complexity index is 807. The molecule has 0 N–H and O–H groups in total. The fourth-order valence-corrected chi connectivity index (χ4v) is 4.67. The fourth-order valence-electron chi connectivity index (χ4n) is 2.94. The Morgan fingerprint density at radius 3 is 2.83 bits per heavy atom. The second kappa shape index (κ2) is 5.84. The Morgan fingerprint density at radius 1 is 1.48 bits per heavy atom. The number of carbonyl (C=O) groups is 1. The number of aryl methyl sites for hydroxylation is 1. The monoisotopic (exact) mass is 338 g/mol. The van der Waals surface area contributed by atoms with Crippen molar-refractivity contribution in [2.45, 2.75) is 26.3 Å². The SMILES string of the molecule is CCN(C(=O)c1c(-c2ccco2)noc1C)C1CCS(=O)(=O)C1. The fraction of sp³-hybridized carbons (Fsp3) is 0.467. The second-order valence-electron chi connectivity index (χ2n) is 5.59. The van der Waals surface area contributed by atoms with E-state index in [0.29, 0.717) is 35.7 Å². The van der Waals surface area contributed by atoms with Gasteiger partial charge in [0.2, 0.25) is 0 Å². The highest BCUT2D eigenvalue weighted by atomic mass is 32.2. The first kappa shape index (κ1) is 15.8. The third kappa shape index (κ3) is 2.90. The molecule has 0 saturated carbocycles. The van der Waals surface area contributed by atoms with Crippen LogP contribution >= 0.6 is 0 Å². The number of amides is 1. The highest BCUT2D eigenvalue weighted by Gasteiger charge is 2.36. The van der Waals surface area contributed by atoms with E-state index < -0.39 is 9.84 Å². The van der Waals surface area contributed by atoms with Crippen LogP contribution in [0.25, 0.3) is 11.5 Å². The zero-order chi connectivity index (χ0) is 16.6. The van der Waals surface area contributed by atoms with E-state index in [1.165, 1.54) is 6.26 Å². The van der Waals surface area contributed by atoms with E-state index in [9.17, 15) is 13.2 Å². The molecule has 1 atom stereocenters. The van der Waals surface area contributed by atoms with Gasteiger partial charge in [0.25, 0.3) is 5.91 Å². The Labute approximate surface area is 134 Å². The van der Waals surface area contributed by atoms with Crippen LogP contribution in [0.15, 0.2) is 27.3 Å². The lowest BCUT2D eigenvalue weighted by atomic mass is 10.1. The molecule has 23 heavy (non-hydrogen) atoms. The zero-order valence-corrected chi connectivity index (χ0v) is 13.8. The van der Waals surface area contributed by atoms with Crippen molar-refractivity contribution >= 4 is 15.7 Å². The number of nitrogens with zero attached hydrogens (tertiary/aromatic N) is 2. The van der Waals surface area contributed by atoms with Crippen molar-refractivity contribution in [2.24, 2.45) is 0 Å². The molecule has 3 heterocycles. The molecule has 0 aliphatic carbocycles. The predicted octanol–water partition coefficient (Wildman–Crippen LogP) is 1.89. The van der Waals surface area contributed by atoms with Gasteiger partial charge in [0.1, 0.15) is 11.3 Å². The number of sulfone groups is 1. The van der Waals surface area contributed by atoms with Gasteiger partial charge in [-0.3, -0.25) is 4.79 Å². The standard InChI is InChI=1S/C15H18N2O5S/c1-3-17(11-6-8-23(19,20)9-11)15(18)13-10(2)22-16-14(13)12-5-4-7-21-12/h4-5,7,11H,3,6,8-9H2,1-2H3. The minimum atomic E-state index is -3.07. The summed E-state index contributed by atoms with van der Waals surface area (Å²) in [7, 11) is -3.07. The molecule has 8 heteroatoms. The number of hydrogen-bond donors (Lipinski definition) is 0. The van der Waals surface area contributed by atoms with E-state index >= 15 is 0 Å². The van der Waals surface area contributed by atoms with Crippen LogP contribution in [0, 0.1) is 6.92 Å². The molecule has 0 radical (unpaired) electrons. The van der Waals surface area contributed by atoms with Crippen LogP contribution in [0.4, 0.5) is 0 Å². The number of furan rings is 1. The molecular weight excluding hydrogens is 320 g/mol. The van der Waals surface area contributed by atoms with Gasteiger partial charge < -0.3 is 13.8 Å². The van der Waals surface area contributed by atoms with Gasteiger partial charge in [0.05, 0.1) is 17.8 Å². The summed E-state index contributed by atoms with van der Waals surface area (Å²) in [5.74, 6) is 0.683. The highest BCUT2D eigenvalue weighted by Crippen LogP contribution is 2.28. The molecule has 1 aliphatic heterocycles. The minimum absolute atomic E-state index is 0.00694. The van der Waals surface area contributed by atoms with Gasteiger partial charge in [0.15, 0.2) is 21.3 Å². The summed E-state index contributed by atoms with van der Waals surface area (Å²) >= 11 is 0. The Morgan fingerprint density at radius 2 is 2.26 bits per heavy atom. The van der Waals surface area contributed by atoms with Gasteiger partial charge in [0, 0.05) is 12.6 Å². The van der Waals surface area contributed by atoms with Crippen LogP contribution in [0.2, 0.25) is 0 Å². The third-order valence-corrected chi connectivity index (χ3v) is 5.83. The largest absolute Gasteiger partial charge is 0.463 e. The highest BCUT2D eigenvalue weighted by molar-refractivity contribution is 7.91. The Kier molecular flexibility index (Phi) is 4.01. The summed E-state index contributed by atoms with van der Waals surface area (Å²) in [6.07, 6.45) is 1.96. The predicted molar refractivity (Wildman–Crippen MR) is 82.7 cm³/mol. The molecule has 0 bridgehead atoms. The zero-order valence-electron chi connectivity index (χ0n) is 13.0. The van der Waals surface area contributed by atoms with Crippen LogP contribution in [0.1, 0.15) is 29.5 Å². The van der Waals surface area contributed by atoms with Crippen LogP contribution in [-0.4, -0.2) is 48.5 Å². The molecule has 124 valence electrons. The summed E-state index contributed by atoms with van der Waals surface area (Å²) in [6, 6.07) is 3.09. The maximum absolute atomic E-state index is 13.0. The van der Waals surface area contributed by atoms with Crippen molar-refractivity contribution in [1.82, 2.24) is 10.1 Å². The molecule has 0 aromatic carbocycles. The first-order valence-electron chi connectivity index (χ1n) is 7.44. The maximum atomic E-state index is 13.0. The molecule has 1 unspecified atom stereocenters. The van der Waals surface area contributed by atoms with E-state index in [1.807, 2.05) is 6.92 Å². The Balaban J connectivity index is 1.95. The van der Waals surface area contributed by atoms with E-state index in [1.54, 1.807) is 24.0 Å². The van der Waals surface area contributed by atoms with E-state index in [4.69, 9.17) is 8.94 Å². The first-order chi connectivity index (χ1) is 10.9. The van der Waals surface area contributed by atoms with E-state index in [-0.39, 0.29) is 23.5 Å². The molecular formula is C15H18N2O5S. The number of hydrogen-bond acceptors (Lipinski definition) is 6. The maximum Gasteiger partial charge on any atom is 0.260 e. The van der Waals surface area contributed by atoms with Crippen LogP contribution in [-0.2, 0) is 9.84 Å². The topological polar surface area (TPSA) is 93.6 Å². The molecule has 0 spiro atoms. The quantitative estimate of drug-likeness (QED) is 0.845.